The Hall–Kier alpha value is -2.08. The fourth-order valence-corrected chi connectivity index (χ4v) is 2.71. The first-order valence-electron chi connectivity index (χ1n) is 7.68. The molecule has 6 nitrogen and oxygen atoms in total. The van der Waals surface area contributed by atoms with Gasteiger partial charge in [-0.05, 0) is 12.1 Å². The van der Waals surface area contributed by atoms with Crippen LogP contribution in [0.5, 0.6) is 0 Å². The Labute approximate surface area is 140 Å². The standard InChI is InChI=1S/C16H19ClN4O2/c1-11(2)14-18-19-16(23-14)21-9-7-20(8-10-21)15(22)12-5-3-4-6-13(12)17/h3-6,11H,7-10H2,1-2H3. The average molecular weight is 335 g/mol. The summed E-state index contributed by atoms with van der Waals surface area (Å²) in [5.74, 6) is 0.803. The zero-order valence-corrected chi connectivity index (χ0v) is 14.0. The Kier molecular flexibility index (Phi) is 4.52. The van der Waals surface area contributed by atoms with E-state index in [1.807, 2.05) is 30.9 Å². The van der Waals surface area contributed by atoms with Crippen LogP contribution in [0.4, 0.5) is 6.01 Å². The highest BCUT2D eigenvalue weighted by Gasteiger charge is 2.26. The number of carbonyl (C=O) groups is 1. The summed E-state index contributed by atoms with van der Waals surface area (Å²) < 4.78 is 5.66. The van der Waals surface area contributed by atoms with Gasteiger partial charge in [0.1, 0.15) is 0 Å². The van der Waals surface area contributed by atoms with E-state index in [1.165, 1.54) is 0 Å². The molecule has 0 radical (unpaired) electrons. The van der Waals surface area contributed by atoms with Crippen LogP contribution in [0.15, 0.2) is 28.7 Å². The fraction of sp³-hybridized carbons (Fsp3) is 0.438. The van der Waals surface area contributed by atoms with Crippen LogP contribution in [0, 0.1) is 0 Å². The molecule has 0 saturated carbocycles. The maximum absolute atomic E-state index is 12.5. The number of piperazine rings is 1. The van der Waals surface area contributed by atoms with E-state index in [0.29, 0.717) is 48.7 Å². The molecule has 1 aliphatic heterocycles. The molecule has 1 aliphatic rings. The molecule has 0 atom stereocenters. The number of amides is 1. The summed E-state index contributed by atoms with van der Waals surface area (Å²) in [5, 5.41) is 8.62. The van der Waals surface area contributed by atoms with Crippen LogP contribution in [-0.4, -0.2) is 47.2 Å². The van der Waals surface area contributed by atoms with Crippen LogP contribution in [-0.2, 0) is 0 Å². The third kappa shape index (κ3) is 3.32. The second-order valence-electron chi connectivity index (χ2n) is 5.84. The van der Waals surface area contributed by atoms with Crippen molar-refractivity contribution in [2.45, 2.75) is 19.8 Å². The van der Waals surface area contributed by atoms with Crippen LogP contribution in [0.25, 0.3) is 0 Å². The van der Waals surface area contributed by atoms with Crippen LogP contribution in [0.2, 0.25) is 5.02 Å². The van der Waals surface area contributed by atoms with Gasteiger partial charge in [-0.2, -0.15) is 0 Å². The maximum atomic E-state index is 12.5. The van der Waals surface area contributed by atoms with Crippen LogP contribution >= 0.6 is 11.6 Å². The van der Waals surface area contributed by atoms with Crippen molar-refractivity contribution >= 4 is 23.5 Å². The zero-order valence-electron chi connectivity index (χ0n) is 13.2. The molecule has 0 spiro atoms. The predicted octanol–water partition coefficient (Wildman–Crippen LogP) is 2.81. The first-order valence-corrected chi connectivity index (χ1v) is 8.06. The summed E-state index contributed by atoms with van der Waals surface area (Å²) in [6, 6.07) is 7.65. The minimum atomic E-state index is -0.0383. The Morgan fingerprint density at radius 2 is 1.87 bits per heavy atom. The van der Waals surface area contributed by atoms with Gasteiger partial charge in [0.05, 0.1) is 10.6 Å². The highest BCUT2D eigenvalue weighted by Crippen LogP contribution is 2.21. The van der Waals surface area contributed by atoms with Crippen molar-refractivity contribution in [1.29, 1.82) is 0 Å². The molecule has 1 aromatic carbocycles. The summed E-state index contributed by atoms with van der Waals surface area (Å²) in [4.78, 5) is 16.3. The molecule has 122 valence electrons. The first-order chi connectivity index (χ1) is 11.1. The highest BCUT2D eigenvalue weighted by molar-refractivity contribution is 6.33. The summed E-state index contributed by atoms with van der Waals surface area (Å²) >= 11 is 6.10. The molecule has 1 saturated heterocycles. The Morgan fingerprint density at radius 3 is 2.48 bits per heavy atom. The molecule has 2 heterocycles. The lowest BCUT2D eigenvalue weighted by Crippen LogP contribution is -2.49. The van der Waals surface area contributed by atoms with E-state index in [2.05, 4.69) is 10.2 Å². The largest absolute Gasteiger partial charge is 0.408 e. The molecule has 23 heavy (non-hydrogen) atoms. The number of benzene rings is 1. The van der Waals surface area contributed by atoms with E-state index in [1.54, 1.807) is 17.0 Å². The molecule has 7 heteroatoms. The van der Waals surface area contributed by atoms with E-state index in [-0.39, 0.29) is 11.8 Å². The third-order valence-corrected chi connectivity index (χ3v) is 4.20. The summed E-state index contributed by atoms with van der Waals surface area (Å²) in [7, 11) is 0. The number of nitrogens with zero attached hydrogens (tertiary/aromatic N) is 4. The van der Waals surface area contributed by atoms with Crippen molar-refractivity contribution in [2.24, 2.45) is 0 Å². The Bertz CT molecular complexity index is 693. The molecule has 2 aromatic rings. The van der Waals surface area contributed by atoms with Crippen molar-refractivity contribution < 1.29 is 9.21 Å². The van der Waals surface area contributed by atoms with Crippen molar-refractivity contribution in [3.63, 3.8) is 0 Å². The molecule has 0 bridgehead atoms. The van der Waals surface area contributed by atoms with E-state index in [4.69, 9.17) is 16.0 Å². The topological polar surface area (TPSA) is 62.5 Å². The number of anilines is 1. The van der Waals surface area contributed by atoms with Gasteiger partial charge >= 0.3 is 6.01 Å². The summed E-state index contributed by atoms with van der Waals surface area (Å²) in [6.45, 7) is 6.55. The number of carbonyl (C=O) groups excluding carboxylic acids is 1. The van der Waals surface area contributed by atoms with Gasteiger partial charge in [-0.15, -0.1) is 5.10 Å². The number of hydrogen-bond donors (Lipinski definition) is 0. The van der Waals surface area contributed by atoms with Gasteiger partial charge in [-0.25, -0.2) is 0 Å². The van der Waals surface area contributed by atoms with Crippen molar-refractivity contribution in [1.82, 2.24) is 15.1 Å². The lowest BCUT2D eigenvalue weighted by atomic mass is 10.2. The quantitative estimate of drug-likeness (QED) is 0.863. The molecular formula is C16H19ClN4O2. The fourth-order valence-electron chi connectivity index (χ4n) is 2.49. The SMILES string of the molecule is CC(C)c1nnc(N2CCN(C(=O)c3ccccc3Cl)CC2)o1. The van der Waals surface area contributed by atoms with Crippen molar-refractivity contribution in [2.75, 3.05) is 31.1 Å². The molecule has 1 amide bonds. The average Bonchev–Trinajstić information content (AvgIpc) is 3.05. The van der Waals surface area contributed by atoms with Crippen molar-refractivity contribution in [3.05, 3.63) is 40.7 Å². The van der Waals surface area contributed by atoms with Gasteiger partial charge in [0.15, 0.2) is 0 Å². The second-order valence-corrected chi connectivity index (χ2v) is 6.24. The molecule has 1 fully saturated rings. The summed E-state index contributed by atoms with van der Waals surface area (Å²) in [6.07, 6.45) is 0. The van der Waals surface area contributed by atoms with E-state index in [9.17, 15) is 4.79 Å². The van der Waals surface area contributed by atoms with Gasteiger partial charge in [0.25, 0.3) is 5.91 Å². The smallest absolute Gasteiger partial charge is 0.318 e. The molecule has 1 aromatic heterocycles. The molecule has 3 rings (SSSR count). The monoisotopic (exact) mass is 334 g/mol. The third-order valence-electron chi connectivity index (χ3n) is 3.87. The molecule has 0 N–H and O–H groups in total. The normalized spacial score (nSPS) is 15.3. The number of halogens is 1. The van der Waals surface area contributed by atoms with E-state index in [0.717, 1.165) is 0 Å². The Balaban J connectivity index is 1.64. The molecular weight excluding hydrogens is 316 g/mol. The minimum absolute atomic E-state index is 0.0383. The van der Waals surface area contributed by atoms with Crippen molar-refractivity contribution in [3.8, 4) is 0 Å². The van der Waals surface area contributed by atoms with Crippen LogP contribution < -0.4 is 4.90 Å². The number of aromatic nitrogens is 2. The van der Waals surface area contributed by atoms with Gasteiger partial charge in [0.2, 0.25) is 5.89 Å². The molecule has 0 unspecified atom stereocenters. The van der Waals surface area contributed by atoms with E-state index < -0.39 is 0 Å². The minimum Gasteiger partial charge on any atom is -0.408 e. The van der Waals surface area contributed by atoms with Crippen LogP contribution in [0.3, 0.4) is 0 Å². The van der Waals surface area contributed by atoms with Gasteiger partial charge in [-0.1, -0.05) is 42.7 Å². The predicted molar refractivity (Wildman–Crippen MR) is 88.0 cm³/mol. The Morgan fingerprint density at radius 1 is 1.17 bits per heavy atom. The lowest BCUT2D eigenvalue weighted by molar-refractivity contribution is 0.0745. The first kappa shape index (κ1) is 15.8. The van der Waals surface area contributed by atoms with Gasteiger partial charge in [-0.3, -0.25) is 4.79 Å². The second kappa shape index (κ2) is 6.58. The molecule has 0 aliphatic carbocycles. The van der Waals surface area contributed by atoms with E-state index >= 15 is 0 Å². The summed E-state index contributed by atoms with van der Waals surface area (Å²) in [5.41, 5.74) is 0.544. The van der Waals surface area contributed by atoms with Gasteiger partial charge < -0.3 is 14.2 Å². The highest BCUT2D eigenvalue weighted by atomic mass is 35.5. The zero-order chi connectivity index (χ0) is 16.4. The maximum Gasteiger partial charge on any atom is 0.318 e. The number of hydrogen-bond acceptors (Lipinski definition) is 5. The number of rotatable bonds is 3. The lowest BCUT2D eigenvalue weighted by Gasteiger charge is -2.33. The van der Waals surface area contributed by atoms with Gasteiger partial charge in [0, 0.05) is 32.1 Å². The van der Waals surface area contributed by atoms with Crippen LogP contribution in [0.1, 0.15) is 36.0 Å².